The predicted molar refractivity (Wildman–Crippen MR) is 100 cm³/mol. The van der Waals surface area contributed by atoms with Crippen LogP contribution in [0.4, 0.5) is 5.69 Å². The molecule has 0 aliphatic carbocycles. The number of carbonyl (C=O) groups is 2. The first kappa shape index (κ1) is 17.6. The van der Waals surface area contributed by atoms with Crippen LogP contribution in [-0.2, 0) is 10.2 Å². The Labute approximate surface area is 151 Å². The minimum absolute atomic E-state index is 0.0733. The molecule has 25 heavy (non-hydrogen) atoms. The summed E-state index contributed by atoms with van der Waals surface area (Å²) >= 11 is 1.43. The van der Waals surface area contributed by atoms with Crippen molar-refractivity contribution in [1.82, 2.24) is 4.98 Å². The van der Waals surface area contributed by atoms with Gasteiger partial charge in [0.05, 0.1) is 17.1 Å². The van der Waals surface area contributed by atoms with Crippen LogP contribution in [0.2, 0.25) is 0 Å². The van der Waals surface area contributed by atoms with E-state index in [-0.39, 0.29) is 29.2 Å². The molecule has 2 heterocycles. The van der Waals surface area contributed by atoms with Crippen LogP contribution >= 0.6 is 11.3 Å². The summed E-state index contributed by atoms with van der Waals surface area (Å²) in [6.45, 7) is 8.19. The molecule has 1 aromatic carbocycles. The van der Waals surface area contributed by atoms with E-state index in [9.17, 15) is 9.59 Å². The van der Waals surface area contributed by atoms with Crippen molar-refractivity contribution >= 4 is 28.8 Å². The van der Waals surface area contributed by atoms with Gasteiger partial charge in [-0.25, -0.2) is 4.98 Å². The average molecular weight is 357 g/mol. The van der Waals surface area contributed by atoms with E-state index in [1.54, 1.807) is 11.1 Å². The molecule has 0 radical (unpaired) electrons. The van der Waals surface area contributed by atoms with Crippen molar-refractivity contribution in [2.75, 3.05) is 4.90 Å². The minimum atomic E-state index is -0.359. The molecule has 0 unspecified atom stereocenters. The number of benzene rings is 1. The molecule has 132 valence electrons. The van der Waals surface area contributed by atoms with Crippen molar-refractivity contribution in [3.8, 4) is 0 Å². The Morgan fingerprint density at radius 3 is 2.56 bits per heavy atom. The predicted octanol–water partition coefficient (Wildman–Crippen LogP) is 3.45. The fourth-order valence-electron chi connectivity index (χ4n) is 3.23. The fraction of sp³-hybridized carbons (Fsp3) is 0.421. The second-order valence-corrected chi connectivity index (χ2v) is 8.58. The molecule has 2 amide bonds. The van der Waals surface area contributed by atoms with E-state index in [0.29, 0.717) is 11.3 Å². The highest BCUT2D eigenvalue weighted by Crippen LogP contribution is 2.39. The first-order chi connectivity index (χ1) is 11.7. The van der Waals surface area contributed by atoms with Crippen molar-refractivity contribution in [2.24, 2.45) is 5.73 Å². The maximum atomic E-state index is 13.2. The van der Waals surface area contributed by atoms with Gasteiger partial charge in [-0.2, -0.15) is 0 Å². The van der Waals surface area contributed by atoms with Crippen LogP contribution in [0.15, 0.2) is 30.5 Å². The Bertz CT molecular complexity index is 822. The Morgan fingerprint density at radius 1 is 1.28 bits per heavy atom. The number of para-hydroxylation sites is 1. The molecular formula is C19H23N3O2S. The number of anilines is 1. The fourth-order valence-corrected chi connectivity index (χ4v) is 4.14. The smallest absolute Gasteiger partial charge is 0.270 e. The summed E-state index contributed by atoms with van der Waals surface area (Å²) < 4.78 is 0. The summed E-state index contributed by atoms with van der Waals surface area (Å²) in [6.07, 6.45) is 2.19. The zero-order chi connectivity index (χ0) is 18.4. The number of primary amides is 1. The van der Waals surface area contributed by atoms with Crippen LogP contribution in [0.1, 0.15) is 60.3 Å². The van der Waals surface area contributed by atoms with Crippen LogP contribution in [0, 0.1) is 0 Å². The van der Waals surface area contributed by atoms with E-state index in [1.165, 1.54) is 11.3 Å². The molecule has 3 rings (SSSR count). The molecule has 5 nitrogen and oxygen atoms in total. The van der Waals surface area contributed by atoms with Crippen LogP contribution in [0.25, 0.3) is 0 Å². The van der Waals surface area contributed by atoms with Crippen molar-refractivity contribution in [3.05, 3.63) is 45.9 Å². The van der Waals surface area contributed by atoms with E-state index in [0.717, 1.165) is 16.3 Å². The van der Waals surface area contributed by atoms with Crippen LogP contribution in [0.5, 0.6) is 0 Å². The first-order valence-electron chi connectivity index (χ1n) is 8.38. The number of nitrogens with two attached hydrogens (primary N) is 1. The van der Waals surface area contributed by atoms with Gasteiger partial charge in [0.15, 0.2) is 0 Å². The Hall–Kier alpha value is -2.21. The van der Waals surface area contributed by atoms with Gasteiger partial charge in [0.2, 0.25) is 5.91 Å². The van der Waals surface area contributed by atoms with Crippen molar-refractivity contribution in [2.45, 2.75) is 51.5 Å². The summed E-state index contributed by atoms with van der Waals surface area (Å²) in [4.78, 5) is 31.8. The number of hydrogen-bond acceptors (Lipinski definition) is 4. The number of aromatic nitrogens is 1. The van der Waals surface area contributed by atoms with Gasteiger partial charge in [-0.1, -0.05) is 39.0 Å². The molecule has 2 atom stereocenters. The first-order valence-corrected chi connectivity index (χ1v) is 9.20. The molecule has 0 spiro atoms. The maximum absolute atomic E-state index is 13.2. The van der Waals surface area contributed by atoms with Crippen molar-refractivity contribution in [1.29, 1.82) is 0 Å². The highest BCUT2D eigenvalue weighted by Gasteiger charge is 2.37. The molecule has 6 heteroatoms. The molecular weight excluding hydrogens is 334 g/mol. The lowest BCUT2D eigenvalue weighted by molar-refractivity contribution is -0.119. The number of hydrogen-bond donors (Lipinski definition) is 1. The highest BCUT2D eigenvalue weighted by atomic mass is 32.1. The Balaban J connectivity index is 2.01. The lowest BCUT2D eigenvalue weighted by atomic mass is 9.85. The zero-order valence-electron chi connectivity index (χ0n) is 14.9. The molecule has 1 aromatic heterocycles. The topological polar surface area (TPSA) is 76.3 Å². The average Bonchev–Trinajstić information content (AvgIpc) is 3.03. The second kappa shape index (κ2) is 6.26. The van der Waals surface area contributed by atoms with Gasteiger partial charge in [-0.05, 0) is 25.0 Å². The standard InChI is InChI=1S/C19H23N3O2S/c1-11-9-13(16(20)23)12-7-5-6-8-14(12)22(11)17(24)15-10-21-18(25-15)19(2,3)4/h5-8,10-11,13H,9H2,1-4H3,(H2,20,23)/t11-,13-/m0/s1. The lowest BCUT2D eigenvalue weighted by Gasteiger charge is -2.38. The van der Waals surface area contributed by atoms with Crippen LogP contribution < -0.4 is 10.6 Å². The van der Waals surface area contributed by atoms with Crippen LogP contribution in [0.3, 0.4) is 0 Å². The highest BCUT2D eigenvalue weighted by molar-refractivity contribution is 7.13. The number of amides is 2. The van der Waals surface area contributed by atoms with Crippen molar-refractivity contribution < 1.29 is 9.59 Å². The number of rotatable bonds is 2. The molecule has 0 fully saturated rings. The second-order valence-electron chi connectivity index (χ2n) is 7.55. The summed E-state index contributed by atoms with van der Waals surface area (Å²) in [6, 6.07) is 7.40. The molecule has 2 aromatic rings. The maximum Gasteiger partial charge on any atom is 0.270 e. The van der Waals surface area contributed by atoms with Crippen LogP contribution in [-0.4, -0.2) is 22.8 Å². The third-order valence-electron chi connectivity index (χ3n) is 4.51. The molecule has 2 N–H and O–H groups in total. The normalized spacial score (nSPS) is 20.2. The van der Waals surface area contributed by atoms with E-state index >= 15 is 0 Å². The lowest BCUT2D eigenvalue weighted by Crippen LogP contribution is -2.45. The van der Waals surface area contributed by atoms with Gasteiger partial charge in [0.25, 0.3) is 5.91 Å². The largest absolute Gasteiger partial charge is 0.369 e. The minimum Gasteiger partial charge on any atom is -0.369 e. The van der Waals surface area contributed by atoms with E-state index in [4.69, 9.17) is 5.73 Å². The number of thiazole rings is 1. The van der Waals surface area contributed by atoms with Crippen molar-refractivity contribution in [3.63, 3.8) is 0 Å². The molecule has 0 saturated heterocycles. The Morgan fingerprint density at radius 2 is 1.96 bits per heavy atom. The quantitative estimate of drug-likeness (QED) is 0.894. The number of fused-ring (bicyclic) bond motifs is 1. The van der Waals surface area contributed by atoms with E-state index < -0.39 is 0 Å². The number of carbonyl (C=O) groups excluding carboxylic acids is 2. The van der Waals surface area contributed by atoms with Gasteiger partial charge in [0.1, 0.15) is 4.88 Å². The van der Waals surface area contributed by atoms with Gasteiger partial charge in [-0.15, -0.1) is 11.3 Å². The van der Waals surface area contributed by atoms with Gasteiger partial charge in [0, 0.05) is 17.1 Å². The van der Waals surface area contributed by atoms with Gasteiger partial charge in [-0.3, -0.25) is 9.59 Å². The summed E-state index contributed by atoms with van der Waals surface area (Å²) in [5, 5.41) is 0.934. The SMILES string of the molecule is C[C@H]1C[C@H](C(N)=O)c2ccccc2N1C(=O)c1cnc(C(C)(C)C)s1. The van der Waals surface area contributed by atoms with Gasteiger partial charge >= 0.3 is 0 Å². The summed E-state index contributed by atoms with van der Waals surface area (Å²) in [7, 11) is 0. The summed E-state index contributed by atoms with van der Waals surface area (Å²) in [5.74, 6) is -0.781. The molecule has 0 saturated carbocycles. The van der Waals surface area contributed by atoms with E-state index in [1.807, 2.05) is 31.2 Å². The third-order valence-corrected chi connectivity index (χ3v) is 5.92. The monoisotopic (exact) mass is 357 g/mol. The molecule has 1 aliphatic heterocycles. The Kier molecular flexibility index (Phi) is 4.41. The van der Waals surface area contributed by atoms with E-state index in [2.05, 4.69) is 25.8 Å². The van der Waals surface area contributed by atoms with Gasteiger partial charge < -0.3 is 10.6 Å². The summed E-state index contributed by atoms with van der Waals surface area (Å²) in [5.41, 5.74) is 7.07. The molecule has 1 aliphatic rings. The third kappa shape index (κ3) is 3.18. The molecule has 0 bridgehead atoms. The zero-order valence-corrected chi connectivity index (χ0v) is 15.8. The number of nitrogens with zero attached hydrogens (tertiary/aromatic N) is 2.